The molecule has 0 aliphatic heterocycles. The number of halogens is 1. The monoisotopic (exact) mass is 252 g/mol. The van der Waals surface area contributed by atoms with Crippen LogP contribution < -0.4 is 0 Å². The minimum Gasteiger partial charge on any atom is -0.392 e. The molecule has 0 aromatic heterocycles. The highest BCUT2D eigenvalue weighted by atomic mass is 19.1. The van der Waals surface area contributed by atoms with Crippen LogP contribution in [-0.2, 0) is 5.41 Å². The van der Waals surface area contributed by atoms with Gasteiger partial charge in [-0.25, -0.2) is 4.39 Å². The molecule has 2 heteroatoms. The van der Waals surface area contributed by atoms with Gasteiger partial charge in [-0.05, 0) is 36.8 Å². The predicted octanol–water partition coefficient (Wildman–Crippen LogP) is 4.39. The molecule has 0 radical (unpaired) electrons. The van der Waals surface area contributed by atoms with E-state index in [1.165, 1.54) is 0 Å². The van der Waals surface area contributed by atoms with Gasteiger partial charge in [0.15, 0.2) is 0 Å². The molecular formula is C16H25FO. The summed E-state index contributed by atoms with van der Waals surface area (Å²) in [5.74, 6) is 0.0700. The van der Waals surface area contributed by atoms with E-state index in [9.17, 15) is 9.50 Å². The van der Waals surface area contributed by atoms with Crippen molar-refractivity contribution < 1.29 is 9.50 Å². The molecule has 1 aliphatic carbocycles. The second kappa shape index (κ2) is 5.83. The average Bonchev–Trinajstić information content (AvgIpc) is 3.13. The summed E-state index contributed by atoms with van der Waals surface area (Å²) >= 11 is 0. The van der Waals surface area contributed by atoms with Crippen molar-refractivity contribution in [1.29, 1.82) is 0 Å². The Hall–Kier alpha value is -0.890. The lowest BCUT2D eigenvalue weighted by Gasteiger charge is -2.21. The zero-order chi connectivity index (χ0) is 13.9. The lowest BCUT2D eigenvalue weighted by molar-refractivity contribution is 0.148. The zero-order valence-corrected chi connectivity index (χ0v) is 12.1. The average molecular weight is 252 g/mol. The molecule has 102 valence electrons. The Kier molecular flexibility index (Phi) is 4.92. The summed E-state index contributed by atoms with van der Waals surface area (Å²) in [5, 5.41) is 9.78. The van der Waals surface area contributed by atoms with Gasteiger partial charge in [0.2, 0.25) is 0 Å². The lowest BCUT2D eigenvalue weighted by Crippen LogP contribution is -2.24. The molecule has 1 aromatic rings. The van der Waals surface area contributed by atoms with Crippen molar-refractivity contribution in [3.05, 3.63) is 35.1 Å². The van der Waals surface area contributed by atoms with Crippen LogP contribution in [0.4, 0.5) is 4.39 Å². The second-order valence-corrected chi connectivity index (χ2v) is 5.20. The molecule has 0 heterocycles. The highest BCUT2D eigenvalue weighted by molar-refractivity contribution is 5.38. The summed E-state index contributed by atoms with van der Waals surface area (Å²) < 4.78 is 14.3. The van der Waals surface area contributed by atoms with E-state index in [-0.39, 0.29) is 17.2 Å². The van der Waals surface area contributed by atoms with Crippen LogP contribution in [0.1, 0.15) is 64.5 Å². The molecule has 0 spiro atoms. The fourth-order valence-corrected chi connectivity index (χ4v) is 2.43. The van der Waals surface area contributed by atoms with Gasteiger partial charge < -0.3 is 5.11 Å². The molecule has 1 atom stereocenters. The van der Waals surface area contributed by atoms with Crippen molar-refractivity contribution in [2.24, 2.45) is 0 Å². The van der Waals surface area contributed by atoms with Gasteiger partial charge >= 0.3 is 0 Å². The van der Waals surface area contributed by atoms with Gasteiger partial charge in [-0.2, -0.15) is 0 Å². The summed E-state index contributed by atoms with van der Waals surface area (Å²) in [7, 11) is 0. The summed E-state index contributed by atoms with van der Waals surface area (Å²) in [6.07, 6.45) is 1.32. The van der Waals surface area contributed by atoms with Gasteiger partial charge in [-0.1, -0.05) is 45.9 Å². The maximum absolute atomic E-state index is 14.3. The fraction of sp³-hybridized carbons (Fsp3) is 0.625. The van der Waals surface area contributed by atoms with Gasteiger partial charge in [0.1, 0.15) is 5.82 Å². The van der Waals surface area contributed by atoms with E-state index in [4.69, 9.17) is 0 Å². The van der Waals surface area contributed by atoms with E-state index >= 15 is 0 Å². The largest absolute Gasteiger partial charge is 0.392 e. The molecule has 1 fully saturated rings. The molecular weight excluding hydrogens is 227 g/mol. The molecule has 0 bridgehead atoms. The third-order valence-electron chi connectivity index (χ3n) is 3.78. The van der Waals surface area contributed by atoms with Crippen molar-refractivity contribution in [2.45, 2.75) is 64.9 Å². The van der Waals surface area contributed by atoms with Gasteiger partial charge in [-0.3, -0.25) is 0 Å². The Balaban J connectivity index is 0.000000771. The third kappa shape index (κ3) is 2.59. The quantitative estimate of drug-likeness (QED) is 0.846. The topological polar surface area (TPSA) is 20.2 Å². The normalized spacial score (nSPS) is 18.0. The first-order valence-electron chi connectivity index (χ1n) is 6.96. The summed E-state index contributed by atoms with van der Waals surface area (Å²) in [6, 6.07) is 5.55. The second-order valence-electron chi connectivity index (χ2n) is 5.20. The maximum atomic E-state index is 14.3. The molecule has 18 heavy (non-hydrogen) atoms. The molecule has 1 saturated carbocycles. The first-order valence-corrected chi connectivity index (χ1v) is 6.96. The fourth-order valence-electron chi connectivity index (χ4n) is 2.43. The van der Waals surface area contributed by atoms with Crippen molar-refractivity contribution in [1.82, 2.24) is 0 Å². The van der Waals surface area contributed by atoms with Crippen molar-refractivity contribution in [3.8, 4) is 0 Å². The van der Waals surface area contributed by atoms with Gasteiger partial charge in [0.05, 0.1) is 6.10 Å². The number of hydrogen-bond donors (Lipinski definition) is 1. The number of rotatable bonds is 3. The van der Waals surface area contributed by atoms with E-state index in [1.54, 1.807) is 6.92 Å². The van der Waals surface area contributed by atoms with Crippen molar-refractivity contribution in [2.75, 3.05) is 0 Å². The highest BCUT2D eigenvalue weighted by Gasteiger charge is 2.50. The Labute approximate surface area is 110 Å². The van der Waals surface area contributed by atoms with Gasteiger partial charge in [0.25, 0.3) is 0 Å². The predicted molar refractivity (Wildman–Crippen MR) is 74.4 cm³/mol. The van der Waals surface area contributed by atoms with Gasteiger partial charge in [0, 0.05) is 5.41 Å². The summed E-state index contributed by atoms with van der Waals surface area (Å²) in [6.45, 7) is 9.74. The number of hydrogen-bond acceptors (Lipinski definition) is 1. The number of benzene rings is 1. The van der Waals surface area contributed by atoms with Crippen LogP contribution in [0.25, 0.3) is 0 Å². The molecule has 0 saturated heterocycles. The third-order valence-corrected chi connectivity index (χ3v) is 3.78. The molecule has 1 unspecified atom stereocenters. The van der Waals surface area contributed by atoms with Crippen LogP contribution >= 0.6 is 0 Å². The minimum atomic E-state index is -0.468. The zero-order valence-electron chi connectivity index (χ0n) is 12.1. The van der Waals surface area contributed by atoms with Crippen molar-refractivity contribution >= 4 is 0 Å². The standard InChI is InChI=1S/C14H19FO.C2H6/c1-9(2)11-5-4-6-12(13(11)15)14(7-8-14)10(3)16;1-2/h4-6,9-10,16H,7-8H2,1-3H3;1-2H3. The number of aliphatic hydroxyl groups is 1. The van der Waals surface area contributed by atoms with Crippen LogP contribution in [0.2, 0.25) is 0 Å². The molecule has 1 nitrogen and oxygen atoms in total. The Morgan fingerprint density at radius 2 is 1.72 bits per heavy atom. The van der Waals surface area contributed by atoms with E-state index in [0.29, 0.717) is 5.56 Å². The van der Waals surface area contributed by atoms with E-state index in [2.05, 4.69) is 0 Å². The van der Waals surface area contributed by atoms with E-state index < -0.39 is 6.10 Å². The van der Waals surface area contributed by atoms with Crippen LogP contribution in [0.15, 0.2) is 18.2 Å². The highest BCUT2D eigenvalue weighted by Crippen LogP contribution is 2.52. The molecule has 1 N–H and O–H groups in total. The van der Waals surface area contributed by atoms with Gasteiger partial charge in [-0.15, -0.1) is 0 Å². The molecule has 2 rings (SSSR count). The van der Waals surface area contributed by atoms with Crippen LogP contribution in [0.5, 0.6) is 0 Å². The molecule has 1 aromatic carbocycles. The molecule has 1 aliphatic rings. The lowest BCUT2D eigenvalue weighted by atomic mass is 9.87. The minimum absolute atomic E-state index is 0.115. The first-order chi connectivity index (χ1) is 8.49. The van der Waals surface area contributed by atoms with Crippen LogP contribution in [0, 0.1) is 5.82 Å². The van der Waals surface area contributed by atoms with Crippen LogP contribution in [-0.4, -0.2) is 11.2 Å². The number of aliphatic hydroxyl groups excluding tert-OH is 1. The Morgan fingerprint density at radius 3 is 2.11 bits per heavy atom. The van der Waals surface area contributed by atoms with E-state index in [0.717, 1.165) is 18.4 Å². The first kappa shape index (κ1) is 15.2. The van der Waals surface area contributed by atoms with Crippen molar-refractivity contribution in [3.63, 3.8) is 0 Å². The maximum Gasteiger partial charge on any atom is 0.130 e. The summed E-state index contributed by atoms with van der Waals surface area (Å²) in [4.78, 5) is 0. The Bertz CT molecular complexity index is 392. The molecule has 0 amide bonds. The summed E-state index contributed by atoms with van der Waals surface area (Å²) in [5.41, 5.74) is 1.15. The van der Waals surface area contributed by atoms with E-state index in [1.807, 2.05) is 45.9 Å². The van der Waals surface area contributed by atoms with Crippen LogP contribution in [0.3, 0.4) is 0 Å². The smallest absolute Gasteiger partial charge is 0.130 e. The Morgan fingerprint density at radius 1 is 1.17 bits per heavy atom. The SMILES string of the molecule is CC.CC(C)c1cccc(C2(C(C)O)CC2)c1F.